The van der Waals surface area contributed by atoms with Gasteiger partial charge in [-0.3, -0.25) is 4.79 Å². The van der Waals surface area contributed by atoms with E-state index >= 15 is 0 Å². The molecule has 6 heteroatoms. The number of benzene rings is 3. The van der Waals surface area contributed by atoms with E-state index in [1.807, 2.05) is 61.5 Å². The summed E-state index contributed by atoms with van der Waals surface area (Å²) >= 11 is 0. The van der Waals surface area contributed by atoms with Crippen LogP contribution >= 0.6 is 0 Å². The average molecular weight is 401 g/mol. The fourth-order valence-electron chi connectivity index (χ4n) is 3.09. The lowest BCUT2D eigenvalue weighted by atomic mass is 10.1. The molecule has 4 aromatic rings. The SMILES string of the molecule is Cc1ccc(CC(=O)NC(c2ccc(F)cc2)c2nnc(-c3ccccc3)o2)cc1. The number of amides is 1. The van der Waals surface area contributed by atoms with Crippen molar-refractivity contribution in [3.63, 3.8) is 0 Å². The first-order valence-electron chi connectivity index (χ1n) is 9.58. The third-order valence-corrected chi connectivity index (χ3v) is 4.70. The highest BCUT2D eigenvalue weighted by Crippen LogP contribution is 2.25. The smallest absolute Gasteiger partial charge is 0.247 e. The normalized spacial score (nSPS) is 11.8. The number of halogens is 1. The zero-order valence-corrected chi connectivity index (χ0v) is 16.4. The molecule has 1 amide bonds. The summed E-state index contributed by atoms with van der Waals surface area (Å²) in [7, 11) is 0. The Kier molecular flexibility index (Phi) is 5.66. The highest BCUT2D eigenvalue weighted by molar-refractivity contribution is 5.79. The molecule has 3 aromatic carbocycles. The van der Waals surface area contributed by atoms with Crippen LogP contribution in [0.5, 0.6) is 0 Å². The van der Waals surface area contributed by atoms with Crippen LogP contribution in [0.4, 0.5) is 4.39 Å². The van der Waals surface area contributed by atoms with Gasteiger partial charge in [-0.1, -0.05) is 60.2 Å². The number of rotatable bonds is 6. The van der Waals surface area contributed by atoms with Gasteiger partial charge in [0, 0.05) is 5.56 Å². The molecule has 0 radical (unpaired) electrons. The largest absolute Gasteiger partial charge is 0.418 e. The summed E-state index contributed by atoms with van der Waals surface area (Å²) in [5.74, 6) is 0.0230. The molecule has 0 aliphatic heterocycles. The quantitative estimate of drug-likeness (QED) is 0.511. The minimum atomic E-state index is -0.687. The van der Waals surface area contributed by atoms with Gasteiger partial charge in [0.25, 0.3) is 0 Å². The molecule has 1 atom stereocenters. The lowest BCUT2D eigenvalue weighted by molar-refractivity contribution is -0.121. The van der Waals surface area contributed by atoms with Crippen LogP contribution in [0.1, 0.15) is 28.6 Å². The Morgan fingerprint density at radius 1 is 0.967 bits per heavy atom. The Bertz CT molecular complexity index is 1120. The molecule has 0 spiro atoms. The van der Waals surface area contributed by atoms with Gasteiger partial charge in [-0.15, -0.1) is 10.2 Å². The summed E-state index contributed by atoms with van der Waals surface area (Å²) in [6.45, 7) is 1.99. The van der Waals surface area contributed by atoms with Crippen molar-refractivity contribution in [2.75, 3.05) is 0 Å². The van der Waals surface area contributed by atoms with Gasteiger partial charge in [-0.05, 0) is 42.3 Å². The molecule has 150 valence electrons. The van der Waals surface area contributed by atoms with Gasteiger partial charge in [0.2, 0.25) is 17.7 Å². The summed E-state index contributed by atoms with van der Waals surface area (Å²) in [5, 5.41) is 11.2. The molecule has 4 rings (SSSR count). The molecule has 1 heterocycles. The number of hydrogen-bond acceptors (Lipinski definition) is 4. The van der Waals surface area contributed by atoms with E-state index in [2.05, 4.69) is 15.5 Å². The number of hydrogen-bond donors (Lipinski definition) is 1. The number of carbonyl (C=O) groups excluding carboxylic acids is 1. The second kappa shape index (κ2) is 8.69. The van der Waals surface area contributed by atoms with Gasteiger partial charge in [-0.25, -0.2) is 4.39 Å². The molecule has 0 saturated heterocycles. The summed E-state index contributed by atoms with van der Waals surface area (Å²) in [5.41, 5.74) is 3.45. The minimum absolute atomic E-state index is 0.201. The number of nitrogens with zero attached hydrogens (tertiary/aromatic N) is 2. The van der Waals surface area contributed by atoms with E-state index in [4.69, 9.17) is 4.42 Å². The predicted octanol–water partition coefficient (Wildman–Crippen LogP) is 4.63. The Morgan fingerprint density at radius 2 is 1.67 bits per heavy atom. The van der Waals surface area contributed by atoms with Gasteiger partial charge < -0.3 is 9.73 Å². The standard InChI is InChI=1S/C24H20FN3O2/c1-16-7-9-17(10-8-16)15-21(29)26-22(18-11-13-20(25)14-12-18)24-28-27-23(30-24)19-5-3-2-4-6-19/h2-14,22H,15H2,1H3,(H,26,29). The van der Waals surface area contributed by atoms with E-state index < -0.39 is 6.04 Å². The second-order valence-corrected chi connectivity index (χ2v) is 7.03. The van der Waals surface area contributed by atoms with Crippen molar-refractivity contribution >= 4 is 5.91 Å². The van der Waals surface area contributed by atoms with E-state index in [1.54, 1.807) is 12.1 Å². The Labute approximate surface area is 173 Å². The summed E-state index contributed by atoms with van der Waals surface area (Å²) in [6.07, 6.45) is 0.206. The predicted molar refractivity (Wildman–Crippen MR) is 111 cm³/mol. The van der Waals surface area contributed by atoms with Crippen LogP contribution in [-0.4, -0.2) is 16.1 Å². The van der Waals surface area contributed by atoms with Gasteiger partial charge in [0.1, 0.15) is 11.9 Å². The van der Waals surface area contributed by atoms with E-state index in [0.29, 0.717) is 11.5 Å². The summed E-state index contributed by atoms with van der Waals surface area (Å²) < 4.78 is 19.3. The van der Waals surface area contributed by atoms with Gasteiger partial charge in [0.05, 0.1) is 6.42 Å². The van der Waals surface area contributed by atoms with E-state index in [0.717, 1.165) is 16.7 Å². The first-order chi connectivity index (χ1) is 14.6. The van der Waals surface area contributed by atoms with Crippen molar-refractivity contribution in [1.82, 2.24) is 15.5 Å². The molecular weight excluding hydrogens is 381 g/mol. The second-order valence-electron chi connectivity index (χ2n) is 7.03. The molecule has 30 heavy (non-hydrogen) atoms. The highest BCUT2D eigenvalue weighted by Gasteiger charge is 2.23. The molecule has 0 saturated carbocycles. The molecule has 1 unspecified atom stereocenters. The molecule has 1 N–H and O–H groups in total. The van der Waals surface area contributed by atoms with Gasteiger partial charge in [-0.2, -0.15) is 0 Å². The zero-order valence-electron chi connectivity index (χ0n) is 16.4. The van der Waals surface area contributed by atoms with Gasteiger partial charge >= 0.3 is 0 Å². The van der Waals surface area contributed by atoms with Crippen molar-refractivity contribution in [2.24, 2.45) is 0 Å². The Balaban J connectivity index is 1.60. The molecular formula is C24H20FN3O2. The molecule has 0 bridgehead atoms. The minimum Gasteiger partial charge on any atom is -0.418 e. The van der Waals surface area contributed by atoms with Crippen LogP contribution in [0.15, 0.2) is 83.3 Å². The molecule has 0 aliphatic rings. The van der Waals surface area contributed by atoms with Crippen LogP contribution in [0.25, 0.3) is 11.5 Å². The van der Waals surface area contributed by atoms with Crippen molar-refractivity contribution in [2.45, 2.75) is 19.4 Å². The lowest BCUT2D eigenvalue weighted by Gasteiger charge is -2.16. The Morgan fingerprint density at radius 3 is 2.37 bits per heavy atom. The van der Waals surface area contributed by atoms with Crippen LogP contribution in [0.3, 0.4) is 0 Å². The van der Waals surface area contributed by atoms with E-state index in [9.17, 15) is 9.18 Å². The maximum absolute atomic E-state index is 13.4. The molecule has 0 fully saturated rings. The first kappa shape index (κ1) is 19.5. The topological polar surface area (TPSA) is 68.0 Å². The summed E-state index contributed by atoms with van der Waals surface area (Å²) in [4.78, 5) is 12.7. The number of nitrogens with one attached hydrogen (secondary N) is 1. The number of carbonyl (C=O) groups is 1. The van der Waals surface area contributed by atoms with Crippen molar-refractivity contribution in [3.8, 4) is 11.5 Å². The van der Waals surface area contributed by atoms with Crippen LogP contribution in [0, 0.1) is 12.7 Å². The summed E-state index contributed by atoms with van der Waals surface area (Å²) in [6, 6.07) is 22.3. The first-order valence-corrected chi connectivity index (χ1v) is 9.58. The van der Waals surface area contributed by atoms with Crippen LogP contribution < -0.4 is 5.32 Å². The van der Waals surface area contributed by atoms with Crippen molar-refractivity contribution in [3.05, 3.63) is 107 Å². The highest BCUT2D eigenvalue weighted by atomic mass is 19.1. The average Bonchev–Trinajstić information content (AvgIpc) is 3.25. The number of aryl methyl sites for hydroxylation is 1. The molecule has 1 aromatic heterocycles. The third-order valence-electron chi connectivity index (χ3n) is 4.70. The Hall–Kier alpha value is -3.80. The third kappa shape index (κ3) is 4.60. The number of aromatic nitrogens is 2. The maximum atomic E-state index is 13.4. The van der Waals surface area contributed by atoms with Crippen molar-refractivity contribution in [1.29, 1.82) is 0 Å². The van der Waals surface area contributed by atoms with E-state index in [1.165, 1.54) is 12.1 Å². The monoisotopic (exact) mass is 401 g/mol. The van der Waals surface area contributed by atoms with E-state index in [-0.39, 0.29) is 24.0 Å². The molecule has 0 aliphatic carbocycles. The van der Waals surface area contributed by atoms with Crippen LogP contribution in [-0.2, 0) is 11.2 Å². The molecule has 5 nitrogen and oxygen atoms in total. The maximum Gasteiger partial charge on any atom is 0.247 e. The zero-order chi connectivity index (χ0) is 20.9. The van der Waals surface area contributed by atoms with Crippen molar-refractivity contribution < 1.29 is 13.6 Å². The lowest BCUT2D eigenvalue weighted by Crippen LogP contribution is -2.30. The fourth-order valence-corrected chi connectivity index (χ4v) is 3.09. The van der Waals surface area contributed by atoms with Gasteiger partial charge in [0.15, 0.2) is 0 Å². The van der Waals surface area contributed by atoms with Crippen LogP contribution in [0.2, 0.25) is 0 Å². The fraction of sp³-hybridized carbons (Fsp3) is 0.125.